The largest absolute Gasteiger partial charge is 0.454 e. The van der Waals surface area contributed by atoms with Crippen LogP contribution in [0, 0.1) is 0 Å². The van der Waals surface area contributed by atoms with Gasteiger partial charge in [-0.3, -0.25) is 4.98 Å². The first kappa shape index (κ1) is 15.4. The standard InChI is InChI=1S/C20H16N2O3/c23-8-7-13-5-6-16-17(22-24)11-20(25-19(16)9-13)18-10-14-3-1-2-4-15(14)12-21-18/h1-6,9-12,23-24H,7-8H2/b22-17+. The highest BCUT2D eigenvalue weighted by Gasteiger charge is 2.09. The molecule has 0 fully saturated rings. The number of rotatable bonds is 3. The Labute approximate surface area is 143 Å². The molecule has 0 aliphatic carbocycles. The Hall–Kier alpha value is -3.18. The molecule has 0 bridgehead atoms. The van der Waals surface area contributed by atoms with Crippen molar-refractivity contribution in [3.63, 3.8) is 0 Å². The second-order valence-corrected chi connectivity index (χ2v) is 5.82. The fourth-order valence-corrected chi connectivity index (χ4v) is 2.92. The number of hydrogen-bond donors (Lipinski definition) is 2. The summed E-state index contributed by atoms with van der Waals surface area (Å²) in [6.07, 6.45) is 2.33. The third kappa shape index (κ3) is 2.86. The smallest absolute Gasteiger partial charge is 0.155 e. The second kappa shape index (κ2) is 6.37. The lowest BCUT2D eigenvalue weighted by Gasteiger charge is -2.06. The number of benzene rings is 2. The Morgan fingerprint density at radius 2 is 1.84 bits per heavy atom. The van der Waals surface area contributed by atoms with Gasteiger partial charge in [-0.15, -0.1) is 0 Å². The van der Waals surface area contributed by atoms with E-state index in [1.54, 1.807) is 12.3 Å². The van der Waals surface area contributed by atoms with Gasteiger partial charge >= 0.3 is 0 Å². The van der Waals surface area contributed by atoms with Crippen LogP contribution in [0.15, 0.2) is 70.4 Å². The minimum absolute atomic E-state index is 0.0641. The number of nitrogens with zero attached hydrogens (tertiary/aromatic N) is 2. The molecule has 2 heterocycles. The number of fused-ring (bicyclic) bond motifs is 2. The van der Waals surface area contributed by atoms with Crippen molar-refractivity contribution in [3.05, 3.63) is 71.7 Å². The zero-order valence-corrected chi connectivity index (χ0v) is 13.4. The van der Waals surface area contributed by atoms with E-state index in [1.165, 1.54) is 0 Å². The number of hydrogen-bond acceptors (Lipinski definition) is 5. The zero-order valence-electron chi connectivity index (χ0n) is 13.4. The summed E-state index contributed by atoms with van der Waals surface area (Å²) in [4.78, 5) is 4.46. The summed E-state index contributed by atoms with van der Waals surface area (Å²) < 4.78 is 6.01. The molecule has 2 aromatic heterocycles. The van der Waals surface area contributed by atoms with Crippen LogP contribution in [0.1, 0.15) is 5.56 Å². The average molecular weight is 332 g/mol. The normalized spacial score (nSPS) is 12.1. The minimum atomic E-state index is 0.0641. The first-order chi connectivity index (χ1) is 12.3. The summed E-state index contributed by atoms with van der Waals surface area (Å²) in [5, 5.41) is 25.1. The number of aliphatic hydroxyl groups excluding tert-OH is 1. The molecule has 0 spiro atoms. The molecule has 124 valence electrons. The molecule has 0 amide bonds. The Morgan fingerprint density at radius 1 is 1.00 bits per heavy atom. The molecule has 4 aromatic rings. The van der Waals surface area contributed by atoms with Crippen LogP contribution in [-0.4, -0.2) is 21.9 Å². The number of aliphatic hydroxyl groups is 1. The topological polar surface area (TPSA) is 78.9 Å². The van der Waals surface area contributed by atoms with E-state index in [0.717, 1.165) is 16.3 Å². The van der Waals surface area contributed by atoms with Crippen molar-refractivity contribution >= 4 is 21.7 Å². The van der Waals surface area contributed by atoms with Crippen molar-refractivity contribution in [2.24, 2.45) is 5.16 Å². The van der Waals surface area contributed by atoms with Crippen LogP contribution >= 0.6 is 0 Å². The van der Waals surface area contributed by atoms with Gasteiger partial charge < -0.3 is 14.7 Å². The molecule has 0 aliphatic heterocycles. The van der Waals surface area contributed by atoms with Crippen LogP contribution in [-0.2, 0) is 6.42 Å². The molecular weight excluding hydrogens is 316 g/mol. The molecule has 0 aliphatic rings. The molecule has 25 heavy (non-hydrogen) atoms. The molecule has 0 radical (unpaired) electrons. The van der Waals surface area contributed by atoms with Crippen LogP contribution in [0.5, 0.6) is 0 Å². The lowest BCUT2D eigenvalue weighted by molar-refractivity contribution is 0.299. The minimum Gasteiger partial charge on any atom is -0.454 e. The summed E-state index contributed by atoms with van der Waals surface area (Å²) in [7, 11) is 0. The van der Waals surface area contributed by atoms with Gasteiger partial charge in [0.1, 0.15) is 16.6 Å². The van der Waals surface area contributed by atoms with Crippen LogP contribution in [0.2, 0.25) is 0 Å². The van der Waals surface area contributed by atoms with Crippen molar-refractivity contribution in [2.45, 2.75) is 6.42 Å². The number of aromatic nitrogens is 1. The van der Waals surface area contributed by atoms with Gasteiger partial charge in [-0.05, 0) is 35.6 Å². The highest BCUT2D eigenvalue weighted by Crippen LogP contribution is 2.24. The summed E-state index contributed by atoms with van der Waals surface area (Å²) >= 11 is 0. The molecule has 0 saturated heterocycles. The van der Waals surface area contributed by atoms with Gasteiger partial charge in [-0.25, -0.2) is 0 Å². The van der Waals surface area contributed by atoms with Gasteiger partial charge in [0.05, 0.1) is 0 Å². The third-order valence-corrected chi connectivity index (χ3v) is 4.20. The Kier molecular flexibility index (Phi) is 3.91. The Morgan fingerprint density at radius 3 is 2.64 bits per heavy atom. The summed E-state index contributed by atoms with van der Waals surface area (Å²) in [5.41, 5.74) is 2.20. The van der Waals surface area contributed by atoms with Crippen molar-refractivity contribution in [2.75, 3.05) is 6.61 Å². The second-order valence-electron chi connectivity index (χ2n) is 5.82. The van der Waals surface area contributed by atoms with E-state index in [2.05, 4.69) is 10.1 Å². The zero-order chi connectivity index (χ0) is 17.2. The first-order valence-electron chi connectivity index (χ1n) is 7.99. The molecular formula is C20H16N2O3. The summed E-state index contributed by atoms with van der Waals surface area (Å²) in [5.74, 6) is 0.521. The van der Waals surface area contributed by atoms with E-state index in [1.807, 2.05) is 48.5 Å². The molecule has 0 unspecified atom stereocenters. The quantitative estimate of drug-likeness (QED) is 0.445. The third-order valence-electron chi connectivity index (χ3n) is 4.20. The van der Waals surface area contributed by atoms with E-state index in [4.69, 9.17) is 9.52 Å². The maximum absolute atomic E-state index is 9.37. The predicted octanol–water partition coefficient (Wildman–Crippen LogP) is 3.47. The lowest BCUT2D eigenvalue weighted by atomic mass is 10.1. The lowest BCUT2D eigenvalue weighted by Crippen LogP contribution is -2.04. The highest BCUT2D eigenvalue weighted by molar-refractivity contribution is 5.85. The fourth-order valence-electron chi connectivity index (χ4n) is 2.92. The van der Waals surface area contributed by atoms with E-state index < -0.39 is 0 Å². The van der Waals surface area contributed by atoms with Crippen molar-refractivity contribution in [1.29, 1.82) is 0 Å². The molecule has 2 N–H and O–H groups in total. The molecule has 0 saturated carbocycles. The van der Waals surface area contributed by atoms with Crippen LogP contribution in [0.3, 0.4) is 0 Å². The first-order valence-corrected chi connectivity index (χ1v) is 7.99. The van der Waals surface area contributed by atoms with E-state index >= 15 is 0 Å². The van der Waals surface area contributed by atoms with E-state index in [9.17, 15) is 5.21 Å². The molecule has 2 aromatic carbocycles. The highest BCUT2D eigenvalue weighted by atomic mass is 16.4. The van der Waals surface area contributed by atoms with Gasteiger partial charge in [0.15, 0.2) is 5.76 Å². The molecule has 5 heteroatoms. The van der Waals surface area contributed by atoms with Gasteiger partial charge in [0.2, 0.25) is 0 Å². The van der Waals surface area contributed by atoms with Gasteiger partial charge in [-0.1, -0.05) is 35.5 Å². The maximum atomic E-state index is 9.37. The SMILES string of the molecule is OCCc1ccc2/c(=N/O)cc(-c3cc4ccccc4cn3)oc2c1. The van der Waals surface area contributed by atoms with Gasteiger partial charge in [0, 0.05) is 29.6 Å². The predicted molar refractivity (Wildman–Crippen MR) is 95.1 cm³/mol. The Bertz CT molecular complexity index is 1130. The van der Waals surface area contributed by atoms with E-state index in [-0.39, 0.29) is 6.61 Å². The monoisotopic (exact) mass is 332 g/mol. The fraction of sp³-hybridized carbons (Fsp3) is 0.100. The molecule has 4 rings (SSSR count). The van der Waals surface area contributed by atoms with Crippen molar-refractivity contribution in [3.8, 4) is 11.5 Å². The van der Waals surface area contributed by atoms with E-state index in [0.29, 0.717) is 34.2 Å². The Balaban J connectivity index is 1.93. The van der Waals surface area contributed by atoms with Crippen molar-refractivity contribution < 1.29 is 14.7 Å². The molecule has 5 nitrogen and oxygen atoms in total. The van der Waals surface area contributed by atoms with Crippen LogP contribution in [0.4, 0.5) is 0 Å². The summed E-state index contributed by atoms with van der Waals surface area (Å²) in [6.45, 7) is 0.0641. The average Bonchev–Trinajstić information content (AvgIpc) is 2.66. The van der Waals surface area contributed by atoms with Crippen LogP contribution in [0.25, 0.3) is 33.2 Å². The van der Waals surface area contributed by atoms with Gasteiger partial charge in [0.25, 0.3) is 0 Å². The van der Waals surface area contributed by atoms with Gasteiger partial charge in [-0.2, -0.15) is 0 Å². The maximum Gasteiger partial charge on any atom is 0.155 e. The number of pyridine rings is 1. The van der Waals surface area contributed by atoms with Crippen molar-refractivity contribution in [1.82, 2.24) is 4.98 Å². The van der Waals surface area contributed by atoms with Crippen LogP contribution < -0.4 is 5.36 Å². The summed E-state index contributed by atoms with van der Waals surface area (Å²) in [6, 6.07) is 17.1. The molecule has 0 atom stereocenters.